The van der Waals surface area contributed by atoms with Crippen molar-refractivity contribution in [3.63, 3.8) is 0 Å². The van der Waals surface area contributed by atoms with E-state index in [-0.39, 0.29) is 28.1 Å². The number of aliphatic hydroxyl groups is 1. The van der Waals surface area contributed by atoms with Crippen LogP contribution in [-0.4, -0.2) is 45.5 Å². The minimum atomic E-state index is -0.927. The molecule has 39 heavy (non-hydrogen) atoms. The normalized spacial score (nSPS) is 17.5. The van der Waals surface area contributed by atoms with Crippen molar-refractivity contribution in [2.75, 3.05) is 19.0 Å². The molecule has 0 saturated heterocycles. The van der Waals surface area contributed by atoms with E-state index in [2.05, 4.69) is 32.7 Å². The lowest BCUT2D eigenvalue weighted by Crippen LogP contribution is -2.20. The molecule has 0 radical (unpaired) electrons. The number of benzene rings is 1. The van der Waals surface area contributed by atoms with Crippen molar-refractivity contribution in [2.24, 2.45) is 0 Å². The summed E-state index contributed by atoms with van der Waals surface area (Å²) in [5, 5.41) is 21.7. The maximum atomic E-state index is 14.8. The highest BCUT2D eigenvalue weighted by molar-refractivity contribution is 7.17. The first-order valence-electron chi connectivity index (χ1n) is 12.5. The van der Waals surface area contributed by atoms with Crippen molar-refractivity contribution in [1.29, 1.82) is 0 Å². The maximum Gasteiger partial charge on any atom is 0.296 e. The Morgan fingerprint density at radius 3 is 2.77 bits per heavy atom. The Kier molecular flexibility index (Phi) is 8.88. The fraction of sp³-hybridized carbons (Fsp3) is 0.310. The van der Waals surface area contributed by atoms with Crippen LogP contribution in [0, 0.1) is 12.7 Å². The van der Waals surface area contributed by atoms with Crippen LogP contribution in [0.1, 0.15) is 49.2 Å². The molecule has 10 heteroatoms. The number of aryl methyl sites for hydroxylation is 1. The number of rotatable bonds is 8. The summed E-state index contributed by atoms with van der Waals surface area (Å²) in [4.78, 5) is 17.4. The van der Waals surface area contributed by atoms with E-state index in [0.717, 1.165) is 41.7 Å². The topological polar surface area (TPSA) is 106 Å². The molecule has 204 valence electrons. The first kappa shape index (κ1) is 28.1. The Morgan fingerprint density at radius 1 is 1.21 bits per heavy atom. The summed E-state index contributed by atoms with van der Waals surface area (Å²) < 4.78 is 26.0. The molecule has 2 heterocycles. The van der Waals surface area contributed by atoms with Crippen LogP contribution < -0.4 is 14.8 Å². The Morgan fingerprint density at radius 2 is 2.00 bits per heavy atom. The summed E-state index contributed by atoms with van der Waals surface area (Å²) >= 11 is 1.08. The predicted octanol–water partition coefficient (Wildman–Crippen LogP) is 6.05. The van der Waals surface area contributed by atoms with Gasteiger partial charge in [-0.05, 0) is 80.7 Å². The number of pyridine rings is 1. The van der Waals surface area contributed by atoms with E-state index in [4.69, 9.17) is 9.47 Å². The number of carbonyl (C=O) groups excluding carboxylic acids is 1. The summed E-state index contributed by atoms with van der Waals surface area (Å²) in [5.74, 6) is -0.725. The quantitative estimate of drug-likeness (QED) is 0.352. The van der Waals surface area contributed by atoms with Gasteiger partial charge in [0.05, 0.1) is 23.8 Å². The third-order valence-electron chi connectivity index (χ3n) is 6.10. The smallest absolute Gasteiger partial charge is 0.296 e. The van der Waals surface area contributed by atoms with Crippen molar-refractivity contribution in [3.05, 3.63) is 83.0 Å². The van der Waals surface area contributed by atoms with Crippen molar-refractivity contribution >= 4 is 22.4 Å². The lowest BCUT2D eigenvalue weighted by Gasteiger charge is -2.19. The first-order chi connectivity index (χ1) is 18.7. The average molecular weight is 551 g/mol. The number of hydrogen-bond donors (Lipinski definition) is 2. The minimum Gasteiger partial charge on any atom is -0.496 e. The summed E-state index contributed by atoms with van der Waals surface area (Å²) in [6.45, 7) is 5.55. The number of ether oxygens (including phenoxy) is 2. The van der Waals surface area contributed by atoms with Crippen molar-refractivity contribution in [3.8, 4) is 22.1 Å². The summed E-state index contributed by atoms with van der Waals surface area (Å²) in [5.41, 5.74) is 2.19. The van der Waals surface area contributed by atoms with E-state index in [1.54, 1.807) is 39.0 Å². The molecular weight excluding hydrogens is 519 g/mol. The molecule has 0 unspecified atom stereocenters. The molecule has 0 bridgehead atoms. The zero-order valence-corrected chi connectivity index (χ0v) is 23.1. The van der Waals surface area contributed by atoms with Gasteiger partial charge in [0.1, 0.15) is 18.2 Å². The molecule has 0 aliphatic heterocycles. The van der Waals surface area contributed by atoms with Crippen molar-refractivity contribution < 1.29 is 23.8 Å². The molecule has 1 aliphatic rings. The molecule has 8 nitrogen and oxygen atoms in total. The summed E-state index contributed by atoms with van der Waals surface area (Å²) in [6, 6.07) is 6.13. The molecule has 0 atom stereocenters. The fourth-order valence-electron chi connectivity index (χ4n) is 4.07. The van der Waals surface area contributed by atoms with Crippen LogP contribution >= 0.6 is 11.3 Å². The monoisotopic (exact) mass is 550 g/mol. The van der Waals surface area contributed by atoms with Crippen LogP contribution in [0.2, 0.25) is 0 Å². The number of nitrogens with one attached hydrogen (secondary N) is 1. The second-order valence-electron chi connectivity index (χ2n) is 9.57. The number of halogens is 1. The van der Waals surface area contributed by atoms with Gasteiger partial charge in [0, 0.05) is 17.5 Å². The number of amides is 1. The molecule has 2 aromatic heterocycles. The van der Waals surface area contributed by atoms with Gasteiger partial charge >= 0.3 is 0 Å². The molecule has 0 saturated carbocycles. The minimum absolute atomic E-state index is 0.165. The number of carbonyl (C=O) groups is 1. The molecule has 1 aromatic carbocycles. The van der Waals surface area contributed by atoms with Crippen LogP contribution in [0.15, 0.2) is 65.9 Å². The molecule has 2 N–H and O–H groups in total. The fourth-order valence-corrected chi connectivity index (χ4v) is 4.66. The third kappa shape index (κ3) is 7.15. The van der Waals surface area contributed by atoms with Gasteiger partial charge in [-0.2, -0.15) is 0 Å². The van der Waals surface area contributed by atoms with Gasteiger partial charge in [0.15, 0.2) is 0 Å². The average Bonchev–Trinajstić information content (AvgIpc) is 3.37. The Bertz CT molecular complexity index is 1440. The lowest BCUT2D eigenvalue weighted by atomic mass is 9.96. The SMILES string of the molecule is COc1cccc(F)c1-c1cc(C)ncc1C(=O)Nc1nnc(OCC2=C/CCC/C=C(C(C)(C)O)/C=C\2)s1. The highest BCUT2D eigenvalue weighted by Gasteiger charge is 2.21. The summed E-state index contributed by atoms with van der Waals surface area (Å²) in [7, 11) is 1.45. The Labute approximate surface area is 230 Å². The Hall–Kier alpha value is -3.89. The van der Waals surface area contributed by atoms with Crippen molar-refractivity contribution in [1.82, 2.24) is 15.2 Å². The van der Waals surface area contributed by atoms with Crippen LogP contribution in [0.25, 0.3) is 11.1 Å². The number of allylic oxidation sites excluding steroid dienone is 2. The van der Waals surface area contributed by atoms with Gasteiger partial charge in [0.25, 0.3) is 11.1 Å². The van der Waals surface area contributed by atoms with Gasteiger partial charge in [-0.25, -0.2) is 4.39 Å². The van der Waals surface area contributed by atoms with E-state index in [1.807, 2.05) is 12.2 Å². The van der Waals surface area contributed by atoms with Crippen LogP contribution in [0.5, 0.6) is 10.9 Å². The molecular formula is C29H31FN4O4S. The van der Waals surface area contributed by atoms with Gasteiger partial charge in [-0.3, -0.25) is 15.1 Å². The van der Waals surface area contributed by atoms with Crippen molar-refractivity contribution in [2.45, 2.75) is 45.6 Å². The number of aromatic nitrogens is 3. The second-order valence-corrected chi connectivity index (χ2v) is 10.5. The predicted molar refractivity (Wildman–Crippen MR) is 150 cm³/mol. The first-order valence-corrected chi connectivity index (χ1v) is 13.3. The number of hydrogen-bond acceptors (Lipinski definition) is 8. The molecule has 0 fully saturated rings. The van der Waals surface area contributed by atoms with Gasteiger partial charge < -0.3 is 14.6 Å². The Balaban J connectivity index is 1.48. The molecule has 3 aromatic rings. The molecule has 1 amide bonds. The number of anilines is 1. The highest BCUT2D eigenvalue weighted by Crippen LogP contribution is 2.35. The van der Waals surface area contributed by atoms with Gasteiger partial charge in [-0.15, -0.1) is 5.10 Å². The van der Waals surface area contributed by atoms with Gasteiger partial charge in [-0.1, -0.05) is 35.5 Å². The van der Waals surface area contributed by atoms with Gasteiger partial charge in [0.2, 0.25) is 5.13 Å². The van der Waals surface area contributed by atoms with Crippen LogP contribution in [0.3, 0.4) is 0 Å². The van der Waals surface area contributed by atoms with Crippen LogP contribution in [0.4, 0.5) is 9.52 Å². The highest BCUT2D eigenvalue weighted by atomic mass is 32.1. The molecule has 1 aliphatic carbocycles. The van der Waals surface area contributed by atoms with Crippen LogP contribution in [-0.2, 0) is 0 Å². The zero-order valence-electron chi connectivity index (χ0n) is 22.3. The van der Waals surface area contributed by atoms with E-state index in [1.165, 1.54) is 19.4 Å². The van der Waals surface area contributed by atoms with E-state index >= 15 is 0 Å². The summed E-state index contributed by atoms with van der Waals surface area (Å²) in [6.07, 6.45) is 12.1. The number of methoxy groups -OCH3 is 1. The lowest BCUT2D eigenvalue weighted by molar-refractivity contribution is 0.102. The zero-order chi connectivity index (χ0) is 28.0. The van der Waals surface area contributed by atoms with E-state index in [9.17, 15) is 14.3 Å². The molecule has 4 rings (SSSR count). The maximum absolute atomic E-state index is 14.8. The third-order valence-corrected chi connectivity index (χ3v) is 6.85. The standard InChI is InChI=1S/C29H31FN4O4S/c1-18-15-21(25-23(30)11-8-12-24(25)37-4)22(16-31-18)26(35)32-27-33-34-28(39-27)38-17-19-9-6-5-7-10-20(14-13-19)29(2,3)36/h8-16,36H,5-7,17H2,1-4H3,(H,32,33,35)/b14-13-,19-9+,20-10-. The largest absolute Gasteiger partial charge is 0.496 e. The second kappa shape index (κ2) is 12.3. The molecule has 0 spiro atoms. The van der Waals surface area contributed by atoms with E-state index in [0.29, 0.717) is 17.0 Å². The van der Waals surface area contributed by atoms with E-state index < -0.39 is 17.3 Å². The number of nitrogens with zero attached hydrogens (tertiary/aromatic N) is 3.